The smallest absolute Gasteiger partial charge is 0.243 e. The van der Waals surface area contributed by atoms with Gasteiger partial charge in [0.25, 0.3) is 0 Å². The summed E-state index contributed by atoms with van der Waals surface area (Å²) in [5, 5.41) is 12.1. The number of rotatable bonds is 7. The van der Waals surface area contributed by atoms with Gasteiger partial charge in [-0.25, -0.2) is 4.98 Å². The van der Waals surface area contributed by atoms with Crippen LogP contribution in [0.1, 0.15) is 35.7 Å². The van der Waals surface area contributed by atoms with E-state index < -0.39 is 0 Å². The van der Waals surface area contributed by atoms with Crippen molar-refractivity contribution in [2.45, 2.75) is 37.8 Å². The van der Waals surface area contributed by atoms with Crippen LogP contribution in [-0.2, 0) is 11.8 Å². The maximum atomic E-state index is 13.5. The molecule has 0 unspecified atom stereocenters. The Morgan fingerprint density at radius 3 is 2.64 bits per heavy atom. The summed E-state index contributed by atoms with van der Waals surface area (Å²) in [4.78, 5) is 20.0. The van der Waals surface area contributed by atoms with E-state index >= 15 is 0 Å². The molecule has 5 rings (SSSR count). The van der Waals surface area contributed by atoms with Crippen molar-refractivity contribution in [3.05, 3.63) is 70.9 Å². The largest absolute Gasteiger partial charge is 0.309 e. The Bertz CT molecular complexity index is 1290. The average molecular weight is 476 g/mol. The Morgan fingerprint density at radius 2 is 1.91 bits per heavy atom. The molecule has 4 aromatic rings. The number of anilines is 2. The summed E-state index contributed by atoms with van der Waals surface area (Å²) in [5.74, 6) is 1.76. The van der Waals surface area contributed by atoms with Gasteiger partial charge in [-0.05, 0) is 44.4 Å². The lowest BCUT2D eigenvalue weighted by Crippen LogP contribution is -2.27. The quantitative estimate of drug-likeness (QED) is 0.312. The molecule has 0 aliphatic heterocycles. The maximum Gasteiger partial charge on any atom is 0.243 e. The number of nitrogens with zero attached hydrogens (tertiary/aromatic N) is 5. The normalized spacial score (nSPS) is 13.3. The molecule has 0 N–H and O–H groups in total. The number of benzene rings is 2. The van der Waals surface area contributed by atoms with Gasteiger partial charge in [-0.2, -0.15) is 0 Å². The van der Waals surface area contributed by atoms with Gasteiger partial charge in [0.2, 0.25) is 5.91 Å². The summed E-state index contributed by atoms with van der Waals surface area (Å²) >= 11 is 2.90. The van der Waals surface area contributed by atoms with Crippen LogP contribution in [-0.4, -0.2) is 31.4 Å². The van der Waals surface area contributed by atoms with Crippen molar-refractivity contribution in [2.24, 2.45) is 7.05 Å². The molecule has 0 atom stereocenters. The first kappa shape index (κ1) is 21.9. The van der Waals surface area contributed by atoms with Gasteiger partial charge in [-0.1, -0.05) is 53.7 Å². The van der Waals surface area contributed by atoms with Gasteiger partial charge in [-0.3, -0.25) is 9.69 Å². The molecule has 0 bridgehead atoms. The fourth-order valence-electron chi connectivity index (χ4n) is 3.69. The summed E-state index contributed by atoms with van der Waals surface area (Å²) in [5.41, 5.74) is 5.03. The summed E-state index contributed by atoms with van der Waals surface area (Å²) in [6.07, 6.45) is 2.34. The van der Waals surface area contributed by atoms with Gasteiger partial charge in [0.1, 0.15) is 5.82 Å². The number of aryl methyl sites for hydroxylation is 2. The van der Waals surface area contributed by atoms with Crippen LogP contribution in [0.15, 0.2) is 59.1 Å². The van der Waals surface area contributed by atoms with Crippen molar-refractivity contribution in [1.29, 1.82) is 0 Å². The first-order valence-corrected chi connectivity index (χ1v) is 12.8. The minimum absolute atomic E-state index is 0.0358. The Kier molecular flexibility index (Phi) is 6.03. The molecule has 2 aromatic carbocycles. The third kappa shape index (κ3) is 4.72. The molecule has 1 saturated carbocycles. The molecular weight excluding hydrogens is 450 g/mol. The van der Waals surface area contributed by atoms with Crippen molar-refractivity contribution >= 4 is 39.8 Å². The number of amides is 1. The molecule has 2 aromatic heterocycles. The van der Waals surface area contributed by atoms with Gasteiger partial charge in [-0.15, -0.1) is 21.5 Å². The number of thiazole rings is 1. The summed E-state index contributed by atoms with van der Waals surface area (Å²) in [6, 6.07) is 16.2. The summed E-state index contributed by atoms with van der Waals surface area (Å²) in [7, 11) is 1.98. The highest BCUT2D eigenvalue weighted by Gasteiger charge is 2.30. The molecule has 8 heteroatoms. The number of hydrogen-bond donors (Lipinski definition) is 0. The Labute approximate surface area is 201 Å². The zero-order chi connectivity index (χ0) is 22.9. The van der Waals surface area contributed by atoms with Crippen molar-refractivity contribution in [2.75, 3.05) is 10.7 Å². The Hall–Kier alpha value is -2.97. The van der Waals surface area contributed by atoms with Gasteiger partial charge >= 0.3 is 0 Å². The number of hydrogen-bond acceptors (Lipinski definition) is 6. The second-order valence-corrected chi connectivity index (χ2v) is 10.2. The van der Waals surface area contributed by atoms with Crippen LogP contribution in [0, 0.1) is 13.8 Å². The second-order valence-electron chi connectivity index (χ2n) is 8.41. The van der Waals surface area contributed by atoms with Crippen LogP contribution < -0.4 is 4.90 Å². The molecule has 168 valence electrons. The number of thioether (sulfide) groups is 1. The SMILES string of the molecule is Cc1ccc(-c2csc(N(C(=O)CSc3nnc(C4CC4)n3C)c3cccc(C)c3)n2)cc1. The van der Waals surface area contributed by atoms with E-state index in [4.69, 9.17) is 4.98 Å². The molecule has 0 radical (unpaired) electrons. The monoisotopic (exact) mass is 475 g/mol. The number of aromatic nitrogens is 4. The lowest BCUT2D eigenvalue weighted by Gasteiger charge is -2.20. The van der Waals surface area contributed by atoms with Gasteiger partial charge in [0.15, 0.2) is 10.3 Å². The fourth-order valence-corrected chi connectivity index (χ4v) is 5.33. The molecule has 1 aliphatic carbocycles. The van der Waals surface area contributed by atoms with Crippen LogP contribution in [0.5, 0.6) is 0 Å². The van der Waals surface area contributed by atoms with E-state index in [1.165, 1.54) is 41.5 Å². The molecule has 2 heterocycles. The maximum absolute atomic E-state index is 13.5. The van der Waals surface area contributed by atoms with Crippen molar-refractivity contribution in [3.8, 4) is 11.3 Å². The molecular formula is C25H25N5OS2. The second kappa shape index (κ2) is 9.11. The van der Waals surface area contributed by atoms with Crippen molar-refractivity contribution in [1.82, 2.24) is 19.7 Å². The standard InChI is InChI=1S/C25H25N5OS2/c1-16-7-9-18(10-8-16)21-14-32-24(26-21)30(20-6-4-5-17(2)13-20)22(31)15-33-25-28-27-23(29(25)3)19-11-12-19/h4-10,13-14,19H,11-12,15H2,1-3H3. The van der Waals surface area contributed by atoms with E-state index in [0.717, 1.165) is 33.5 Å². The first-order valence-electron chi connectivity index (χ1n) is 10.9. The van der Waals surface area contributed by atoms with Crippen LogP contribution in [0.3, 0.4) is 0 Å². The van der Waals surface area contributed by atoms with E-state index in [2.05, 4.69) is 41.4 Å². The molecule has 1 amide bonds. The van der Waals surface area contributed by atoms with E-state index in [9.17, 15) is 4.79 Å². The number of carbonyl (C=O) groups excluding carboxylic acids is 1. The summed E-state index contributed by atoms with van der Waals surface area (Å²) in [6.45, 7) is 4.09. The fraction of sp³-hybridized carbons (Fsp3) is 0.280. The topological polar surface area (TPSA) is 63.9 Å². The minimum Gasteiger partial charge on any atom is -0.309 e. The third-order valence-electron chi connectivity index (χ3n) is 5.68. The zero-order valence-corrected chi connectivity index (χ0v) is 20.5. The van der Waals surface area contributed by atoms with Gasteiger partial charge in [0.05, 0.1) is 17.1 Å². The average Bonchev–Trinajstić information content (AvgIpc) is 3.41. The van der Waals surface area contributed by atoms with E-state index in [1.54, 1.807) is 4.90 Å². The highest BCUT2D eigenvalue weighted by atomic mass is 32.2. The molecule has 0 saturated heterocycles. The van der Waals surface area contributed by atoms with Gasteiger partial charge < -0.3 is 4.57 Å². The van der Waals surface area contributed by atoms with Crippen LogP contribution in [0.25, 0.3) is 11.3 Å². The predicted octanol–water partition coefficient (Wildman–Crippen LogP) is 5.89. The van der Waals surface area contributed by atoms with Crippen LogP contribution in [0.2, 0.25) is 0 Å². The molecule has 1 fully saturated rings. The summed E-state index contributed by atoms with van der Waals surface area (Å²) < 4.78 is 2.02. The minimum atomic E-state index is -0.0358. The molecule has 33 heavy (non-hydrogen) atoms. The predicted molar refractivity (Wildman–Crippen MR) is 134 cm³/mol. The van der Waals surface area contributed by atoms with Crippen molar-refractivity contribution in [3.63, 3.8) is 0 Å². The highest BCUT2D eigenvalue weighted by molar-refractivity contribution is 7.99. The Morgan fingerprint density at radius 1 is 1.12 bits per heavy atom. The highest BCUT2D eigenvalue weighted by Crippen LogP contribution is 2.40. The zero-order valence-electron chi connectivity index (χ0n) is 18.9. The molecule has 6 nitrogen and oxygen atoms in total. The van der Waals surface area contributed by atoms with Gasteiger partial charge in [0, 0.05) is 23.9 Å². The molecule has 1 aliphatic rings. The van der Waals surface area contributed by atoms with Crippen LogP contribution >= 0.6 is 23.1 Å². The Balaban J connectivity index is 1.41. The van der Waals surface area contributed by atoms with E-state index in [-0.39, 0.29) is 11.7 Å². The lowest BCUT2D eigenvalue weighted by atomic mass is 10.1. The van der Waals surface area contributed by atoms with E-state index in [0.29, 0.717) is 11.0 Å². The first-order chi connectivity index (χ1) is 16.0. The van der Waals surface area contributed by atoms with Crippen LogP contribution in [0.4, 0.5) is 10.8 Å². The van der Waals surface area contributed by atoms with Crippen molar-refractivity contribution < 1.29 is 4.79 Å². The number of carbonyl (C=O) groups is 1. The lowest BCUT2D eigenvalue weighted by molar-refractivity contribution is -0.115. The third-order valence-corrected chi connectivity index (χ3v) is 7.51. The van der Waals surface area contributed by atoms with E-state index in [1.807, 2.05) is 48.2 Å². The molecule has 0 spiro atoms.